The maximum absolute atomic E-state index is 10.9. The number of hydrogen-bond acceptors (Lipinski definition) is 3. The van der Waals surface area contributed by atoms with Crippen LogP contribution in [-0.4, -0.2) is 17.1 Å². The Bertz CT molecular complexity index is 386. The Morgan fingerprint density at radius 3 is 2.53 bits per heavy atom. The Balaban J connectivity index is 3.17. The fourth-order valence-electron chi connectivity index (χ4n) is 1.39. The molecule has 1 aromatic rings. The first-order valence-electron chi connectivity index (χ1n) is 4.81. The van der Waals surface area contributed by atoms with Crippen LogP contribution >= 0.6 is 0 Å². The van der Waals surface area contributed by atoms with Gasteiger partial charge in [0.15, 0.2) is 0 Å². The Morgan fingerprint density at radius 1 is 1.47 bits per heavy atom. The molecular weight excluding hydrogens is 192 g/mol. The van der Waals surface area contributed by atoms with Crippen LogP contribution in [-0.2, 0) is 0 Å². The number of benzene rings is 1. The predicted molar refractivity (Wildman–Crippen MR) is 61.3 cm³/mol. The molecule has 4 N–H and O–H groups in total. The summed E-state index contributed by atoms with van der Waals surface area (Å²) < 4.78 is 0. The molecule has 0 radical (unpaired) electrons. The lowest BCUT2D eigenvalue weighted by Gasteiger charge is -2.13. The van der Waals surface area contributed by atoms with Crippen molar-refractivity contribution in [1.82, 2.24) is 0 Å². The maximum atomic E-state index is 10.9. The minimum Gasteiger partial charge on any atom is -0.478 e. The molecular formula is C11H16N2O2. The van der Waals surface area contributed by atoms with Crippen LogP contribution in [0.5, 0.6) is 0 Å². The summed E-state index contributed by atoms with van der Waals surface area (Å²) in [6, 6.07) is 3.67. The second-order valence-corrected chi connectivity index (χ2v) is 3.86. The number of aryl methyl sites for hydroxylation is 1. The van der Waals surface area contributed by atoms with Crippen molar-refractivity contribution in [3.8, 4) is 0 Å². The second kappa shape index (κ2) is 4.21. The van der Waals surface area contributed by atoms with Crippen LogP contribution in [0.1, 0.15) is 29.8 Å². The molecule has 0 spiro atoms. The first kappa shape index (κ1) is 11.4. The third-order valence-corrected chi connectivity index (χ3v) is 2.07. The zero-order valence-electron chi connectivity index (χ0n) is 9.16. The normalized spacial score (nSPS) is 10.4. The van der Waals surface area contributed by atoms with Gasteiger partial charge in [0.05, 0.1) is 5.56 Å². The lowest BCUT2D eigenvalue weighted by molar-refractivity contribution is 0.0698. The molecule has 0 atom stereocenters. The van der Waals surface area contributed by atoms with E-state index < -0.39 is 5.97 Å². The summed E-state index contributed by atoms with van der Waals surface area (Å²) in [5, 5.41) is 12.1. The van der Waals surface area contributed by atoms with Crippen LogP contribution in [0.15, 0.2) is 12.1 Å². The largest absolute Gasteiger partial charge is 0.478 e. The minimum atomic E-state index is -0.997. The van der Waals surface area contributed by atoms with Crippen LogP contribution in [0.2, 0.25) is 0 Å². The fourth-order valence-corrected chi connectivity index (χ4v) is 1.39. The molecule has 15 heavy (non-hydrogen) atoms. The van der Waals surface area contributed by atoms with Gasteiger partial charge < -0.3 is 16.2 Å². The fraction of sp³-hybridized carbons (Fsp3) is 0.364. The molecule has 0 bridgehead atoms. The molecule has 0 amide bonds. The number of carboxylic acid groups (broad SMARTS) is 1. The molecule has 0 aliphatic heterocycles. The van der Waals surface area contributed by atoms with Gasteiger partial charge in [0.1, 0.15) is 0 Å². The number of nitrogens with one attached hydrogen (secondary N) is 1. The van der Waals surface area contributed by atoms with Crippen molar-refractivity contribution < 1.29 is 9.90 Å². The van der Waals surface area contributed by atoms with E-state index in [4.69, 9.17) is 10.8 Å². The number of anilines is 2. The molecule has 4 heteroatoms. The number of nitrogens with two attached hydrogens (primary N) is 1. The minimum absolute atomic E-state index is 0.151. The highest BCUT2D eigenvalue weighted by atomic mass is 16.4. The van der Waals surface area contributed by atoms with E-state index in [1.807, 2.05) is 19.9 Å². The monoisotopic (exact) mass is 208 g/mol. The lowest BCUT2D eigenvalue weighted by atomic mass is 10.1. The molecule has 1 rings (SSSR count). The van der Waals surface area contributed by atoms with Crippen LogP contribution in [0.25, 0.3) is 0 Å². The van der Waals surface area contributed by atoms with Gasteiger partial charge in [0.2, 0.25) is 0 Å². The Hall–Kier alpha value is -1.71. The van der Waals surface area contributed by atoms with Gasteiger partial charge in [0.25, 0.3) is 0 Å². The van der Waals surface area contributed by atoms with Crippen LogP contribution in [0.4, 0.5) is 11.4 Å². The van der Waals surface area contributed by atoms with E-state index in [1.54, 1.807) is 13.0 Å². The molecule has 0 saturated heterocycles. The molecule has 0 heterocycles. The molecule has 0 aliphatic rings. The zero-order chi connectivity index (χ0) is 11.6. The van der Waals surface area contributed by atoms with Crippen molar-refractivity contribution in [3.63, 3.8) is 0 Å². The lowest BCUT2D eigenvalue weighted by Crippen LogP contribution is -2.12. The maximum Gasteiger partial charge on any atom is 0.337 e. The summed E-state index contributed by atoms with van der Waals surface area (Å²) >= 11 is 0. The summed E-state index contributed by atoms with van der Waals surface area (Å²) in [6.45, 7) is 5.78. The van der Waals surface area contributed by atoms with Gasteiger partial charge >= 0.3 is 5.97 Å². The Kier molecular flexibility index (Phi) is 3.19. The van der Waals surface area contributed by atoms with Gasteiger partial charge in [-0.25, -0.2) is 4.79 Å². The SMILES string of the molecule is Cc1cc(NC(C)C)cc(C(=O)O)c1N. The van der Waals surface area contributed by atoms with Gasteiger partial charge in [-0.15, -0.1) is 0 Å². The first-order chi connectivity index (χ1) is 6.91. The summed E-state index contributed by atoms with van der Waals surface area (Å²) in [5.41, 5.74) is 7.72. The van der Waals surface area contributed by atoms with Gasteiger partial charge in [-0.05, 0) is 38.5 Å². The summed E-state index contributed by atoms with van der Waals surface area (Å²) in [7, 11) is 0. The number of rotatable bonds is 3. The second-order valence-electron chi connectivity index (χ2n) is 3.86. The molecule has 4 nitrogen and oxygen atoms in total. The highest BCUT2D eigenvalue weighted by Gasteiger charge is 2.11. The Morgan fingerprint density at radius 2 is 2.07 bits per heavy atom. The summed E-state index contributed by atoms with van der Waals surface area (Å²) in [4.78, 5) is 10.9. The highest BCUT2D eigenvalue weighted by molar-refractivity contribution is 5.95. The van der Waals surface area contributed by atoms with Crippen molar-refractivity contribution >= 4 is 17.3 Å². The third kappa shape index (κ3) is 2.62. The zero-order valence-corrected chi connectivity index (χ0v) is 9.16. The van der Waals surface area contributed by atoms with E-state index in [9.17, 15) is 4.79 Å². The number of aromatic carboxylic acids is 1. The molecule has 82 valence electrons. The van der Waals surface area contributed by atoms with E-state index >= 15 is 0 Å². The van der Waals surface area contributed by atoms with E-state index in [0.29, 0.717) is 5.69 Å². The summed E-state index contributed by atoms with van der Waals surface area (Å²) in [5.74, 6) is -0.997. The molecule has 0 aliphatic carbocycles. The number of hydrogen-bond donors (Lipinski definition) is 3. The average Bonchev–Trinajstić information content (AvgIpc) is 2.09. The highest BCUT2D eigenvalue weighted by Crippen LogP contribution is 2.23. The standard InChI is InChI=1S/C11H16N2O2/c1-6(2)13-8-4-7(3)10(12)9(5-8)11(14)15/h4-6,13H,12H2,1-3H3,(H,14,15). The van der Waals surface area contributed by atoms with E-state index in [1.165, 1.54) is 0 Å². The predicted octanol–water partition coefficient (Wildman–Crippen LogP) is 2.10. The first-order valence-corrected chi connectivity index (χ1v) is 4.81. The Labute approximate surface area is 89.1 Å². The third-order valence-electron chi connectivity index (χ3n) is 2.07. The molecule has 0 aromatic heterocycles. The van der Waals surface area contributed by atoms with Crippen molar-refractivity contribution in [1.29, 1.82) is 0 Å². The van der Waals surface area contributed by atoms with Crippen molar-refractivity contribution in [2.75, 3.05) is 11.1 Å². The van der Waals surface area contributed by atoms with Crippen molar-refractivity contribution in [3.05, 3.63) is 23.3 Å². The molecule has 0 fully saturated rings. The quantitative estimate of drug-likeness (QED) is 0.665. The van der Waals surface area contributed by atoms with Gasteiger partial charge in [0, 0.05) is 17.4 Å². The van der Waals surface area contributed by atoms with Crippen LogP contribution in [0.3, 0.4) is 0 Å². The van der Waals surface area contributed by atoms with Crippen molar-refractivity contribution in [2.45, 2.75) is 26.8 Å². The topological polar surface area (TPSA) is 75.3 Å². The van der Waals surface area contributed by atoms with Gasteiger partial charge in [-0.3, -0.25) is 0 Å². The molecule has 1 aromatic carbocycles. The van der Waals surface area contributed by atoms with Crippen LogP contribution in [0, 0.1) is 6.92 Å². The number of nitrogen functional groups attached to an aromatic ring is 1. The number of carbonyl (C=O) groups is 1. The van der Waals surface area contributed by atoms with E-state index in [0.717, 1.165) is 11.3 Å². The average molecular weight is 208 g/mol. The molecule has 0 saturated carbocycles. The number of carboxylic acids is 1. The van der Waals surface area contributed by atoms with Gasteiger partial charge in [-0.1, -0.05) is 0 Å². The van der Waals surface area contributed by atoms with E-state index in [-0.39, 0.29) is 11.6 Å². The van der Waals surface area contributed by atoms with E-state index in [2.05, 4.69) is 5.32 Å². The summed E-state index contributed by atoms with van der Waals surface area (Å²) in [6.07, 6.45) is 0. The smallest absolute Gasteiger partial charge is 0.337 e. The molecule has 0 unspecified atom stereocenters. The van der Waals surface area contributed by atoms with Gasteiger partial charge in [-0.2, -0.15) is 0 Å². The van der Waals surface area contributed by atoms with Crippen LogP contribution < -0.4 is 11.1 Å². The van der Waals surface area contributed by atoms with Crippen molar-refractivity contribution in [2.24, 2.45) is 0 Å².